The average Bonchev–Trinajstić information content (AvgIpc) is 1.96. The van der Waals surface area contributed by atoms with E-state index in [0.717, 1.165) is 6.08 Å². The van der Waals surface area contributed by atoms with E-state index in [-0.39, 0.29) is 0 Å². The SMILES string of the molecule is C/C=C/C=C/P(=O)(O)OP(=O)(O)OP(=O)(O)O. The predicted molar refractivity (Wildman–Crippen MR) is 57.8 cm³/mol. The van der Waals surface area contributed by atoms with Crippen molar-refractivity contribution < 1.29 is 41.9 Å². The van der Waals surface area contributed by atoms with Crippen LogP contribution in [-0.2, 0) is 22.3 Å². The molecule has 0 aliphatic heterocycles. The molecule has 0 fully saturated rings. The smallest absolute Gasteiger partial charge is 0.321 e. The Morgan fingerprint density at radius 3 is 1.88 bits per heavy atom. The second kappa shape index (κ2) is 6.20. The summed E-state index contributed by atoms with van der Waals surface area (Å²) in [5.74, 6) is 0.554. The van der Waals surface area contributed by atoms with Gasteiger partial charge in [-0.15, -0.1) is 0 Å². The number of phosphoric acid groups is 2. The summed E-state index contributed by atoms with van der Waals surface area (Å²) < 4.78 is 39.4. The van der Waals surface area contributed by atoms with Crippen molar-refractivity contribution in [3.8, 4) is 0 Å². The molecular formula is C5H11O9P3. The fourth-order valence-electron chi connectivity index (χ4n) is 0.594. The third kappa shape index (κ3) is 9.62. The third-order valence-electron chi connectivity index (χ3n) is 1.01. The molecule has 0 aliphatic rings. The molecule has 2 atom stereocenters. The third-order valence-corrected chi connectivity index (χ3v) is 4.99. The Labute approximate surface area is 96.8 Å². The first-order chi connectivity index (χ1) is 7.47. The van der Waals surface area contributed by atoms with Gasteiger partial charge in [0.1, 0.15) is 0 Å². The molecule has 4 N–H and O–H groups in total. The van der Waals surface area contributed by atoms with Crippen molar-refractivity contribution in [2.75, 3.05) is 0 Å². The van der Waals surface area contributed by atoms with Crippen LogP contribution in [0.25, 0.3) is 0 Å². The molecule has 0 radical (unpaired) electrons. The summed E-state index contributed by atoms with van der Waals surface area (Å²) in [4.78, 5) is 34.3. The number of allylic oxidation sites excluding steroid dienone is 3. The summed E-state index contributed by atoms with van der Waals surface area (Å²) in [5.41, 5.74) is 0. The highest BCUT2D eigenvalue weighted by Crippen LogP contribution is 2.66. The molecule has 0 aromatic rings. The molecule has 12 heteroatoms. The Morgan fingerprint density at radius 1 is 0.941 bits per heavy atom. The molecule has 0 spiro atoms. The molecule has 0 saturated carbocycles. The molecule has 0 bridgehead atoms. The van der Waals surface area contributed by atoms with E-state index in [0.29, 0.717) is 5.82 Å². The number of rotatable bonds is 6. The number of hydrogen-bond acceptors (Lipinski definition) is 5. The molecule has 2 unspecified atom stereocenters. The van der Waals surface area contributed by atoms with Crippen LogP contribution in [0.1, 0.15) is 6.92 Å². The highest BCUT2D eigenvalue weighted by molar-refractivity contribution is 7.69. The minimum absolute atomic E-state index is 0.554. The second-order valence-electron chi connectivity index (χ2n) is 2.55. The standard InChI is InChI=1S/C5H11O9P3/c1-2-3-4-5-15(6,7)13-17(11,12)14-16(8,9)10/h2-5H,1H3,(H,6,7)(H,11,12)(H2,8,9,10)/b3-2+,5-4+. The first-order valence-electron chi connectivity index (χ1n) is 3.91. The van der Waals surface area contributed by atoms with Crippen LogP contribution < -0.4 is 0 Å². The lowest BCUT2D eigenvalue weighted by atomic mass is 10.5. The van der Waals surface area contributed by atoms with Crippen LogP contribution in [0.15, 0.2) is 24.0 Å². The summed E-state index contributed by atoms with van der Waals surface area (Å²) >= 11 is 0. The summed E-state index contributed by atoms with van der Waals surface area (Å²) in [5, 5.41) is 0. The van der Waals surface area contributed by atoms with E-state index in [1.54, 1.807) is 6.92 Å². The van der Waals surface area contributed by atoms with Crippen molar-refractivity contribution >= 4 is 23.2 Å². The Morgan fingerprint density at radius 2 is 1.47 bits per heavy atom. The van der Waals surface area contributed by atoms with E-state index in [1.165, 1.54) is 12.2 Å². The Balaban J connectivity index is 4.77. The summed E-state index contributed by atoms with van der Waals surface area (Å²) in [7, 11) is -15.3. The molecule has 0 heterocycles. The lowest BCUT2D eigenvalue weighted by molar-refractivity contribution is 0.224. The fourth-order valence-corrected chi connectivity index (χ4v) is 3.77. The summed E-state index contributed by atoms with van der Waals surface area (Å²) in [6, 6.07) is 0. The van der Waals surface area contributed by atoms with Gasteiger partial charge in [0.15, 0.2) is 0 Å². The molecule has 9 nitrogen and oxygen atoms in total. The molecule has 0 saturated heterocycles. The monoisotopic (exact) mass is 308 g/mol. The highest BCUT2D eigenvalue weighted by Gasteiger charge is 2.38. The van der Waals surface area contributed by atoms with Crippen molar-refractivity contribution in [2.45, 2.75) is 6.92 Å². The summed E-state index contributed by atoms with van der Waals surface area (Å²) in [6.45, 7) is 1.61. The van der Waals surface area contributed by atoms with Gasteiger partial charge in [-0.05, 0) is 6.92 Å². The van der Waals surface area contributed by atoms with E-state index in [1.807, 2.05) is 0 Å². The van der Waals surface area contributed by atoms with Crippen LogP contribution >= 0.6 is 23.2 Å². The van der Waals surface area contributed by atoms with Gasteiger partial charge in [-0.25, -0.2) is 13.4 Å². The van der Waals surface area contributed by atoms with Crippen LogP contribution in [0.4, 0.5) is 0 Å². The maximum Gasteiger partial charge on any atom is 0.488 e. The highest BCUT2D eigenvalue weighted by atomic mass is 31.3. The van der Waals surface area contributed by atoms with Gasteiger partial charge < -0.3 is 19.6 Å². The van der Waals surface area contributed by atoms with Crippen LogP contribution in [0.3, 0.4) is 0 Å². The first kappa shape index (κ1) is 16.9. The van der Waals surface area contributed by atoms with Gasteiger partial charge in [0.05, 0.1) is 0 Å². The number of hydrogen-bond donors (Lipinski definition) is 4. The zero-order chi connectivity index (χ0) is 13.7. The fraction of sp³-hybridized carbons (Fsp3) is 0.200. The quantitative estimate of drug-likeness (QED) is 0.422. The average molecular weight is 308 g/mol. The molecular weight excluding hydrogens is 297 g/mol. The van der Waals surface area contributed by atoms with E-state index in [9.17, 15) is 13.7 Å². The Kier molecular flexibility index (Phi) is 6.18. The van der Waals surface area contributed by atoms with E-state index in [2.05, 4.69) is 8.62 Å². The van der Waals surface area contributed by atoms with E-state index >= 15 is 0 Å². The van der Waals surface area contributed by atoms with Gasteiger partial charge in [0.25, 0.3) is 0 Å². The predicted octanol–water partition coefficient (Wildman–Crippen LogP) is 1.49. The van der Waals surface area contributed by atoms with Gasteiger partial charge in [0.2, 0.25) is 0 Å². The topological polar surface area (TPSA) is 151 Å². The van der Waals surface area contributed by atoms with Crippen LogP contribution in [0.2, 0.25) is 0 Å². The molecule has 0 aromatic heterocycles. The van der Waals surface area contributed by atoms with E-state index in [4.69, 9.17) is 19.6 Å². The van der Waals surface area contributed by atoms with E-state index < -0.39 is 23.2 Å². The molecule has 0 rings (SSSR count). The van der Waals surface area contributed by atoms with Crippen LogP contribution in [0, 0.1) is 0 Å². The zero-order valence-electron chi connectivity index (χ0n) is 8.48. The molecule has 100 valence electrons. The van der Waals surface area contributed by atoms with Crippen LogP contribution in [0.5, 0.6) is 0 Å². The maximum atomic E-state index is 11.1. The van der Waals surface area contributed by atoms with Gasteiger partial charge in [0, 0.05) is 5.82 Å². The molecule has 17 heavy (non-hydrogen) atoms. The largest absolute Gasteiger partial charge is 0.488 e. The van der Waals surface area contributed by atoms with Crippen molar-refractivity contribution in [3.05, 3.63) is 24.0 Å². The van der Waals surface area contributed by atoms with Crippen molar-refractivity contribution in [1.82, 2.24) is 0 Å². The Hall–Kier alpha value is -0.0700. The van der Waals surface area contributed by atoms with Crippen molar-refractivity contribution in [3.63, 3.8) is 0 Å². The van der Waals surface area contributed by atoms with Gasteiger partial charge in [-0.3, -0.25) is 4.57 Å². The maximum absolute atomic E-state index is 11.1. The van der Waals surface area contributed by atoms with Gasteiger partial charge >= 0.3 is 23.2 Å². The molecule has 0 aromatic carbocycles. The molecule has 0 amide bonds. The minimum atomic E-state index is -5.34. The lowest BCUT2D eigenvalue weighted by Gasteiger charge is -2.13. The Bertz CT molecular complexity index is 446. The van der Waals surface area contributed by atoms with Crippen molar-refractivity contribution in [2.24, 2.45) is 0 Å². The normalized spacial score (nSPS) is 20.5. The zero-order valence-corrected chi connectivity index (χ0v) is 11.2. The van der Waals surface area contributed by atoms with Gasteiger partial charge in [-0.1, -0.05) is 18.2 Å². The van der Waals surface area contributed by atoms with Crippen molar-refractivity contribution in [1.29, 1.82) is 0 Å². The lowest BCUT2D eigenvalue weighted by Crippen LogP contribution is -1.91. The van der Waals surface area contributed by atoms with Gasteiger partial charge in [-0.2, -0.15) is 4.31 Å². The second-order valence-corrected chi connectivity index (χ2v) is 7.20. The minimum Gasteiger partial charge on any atom is -0.321 e. The molecule has 0 aliphatic carbocycles. The van der Waals surface area contributed by atoms with Crippen LogP contribution in [-0.4, -0.2) is 19.6 Å². The summed E-state index contributed by atoms with van der Waals surface area (Å²) in [6.07, 6.45) is 3.89. The first-order valence-corrected chi connectivity index (χ1v) is 8.59.